The maximum atomic E-state index is 10.7. The number of H-pyrrole nitrogens is 1. The van der Waals surface area contributed by atoms with Gasteiger partial charge in [-0.1, -0.05) is 0 Å². The molecule has 1 rings (SSSR count). The minimum Gasteiger partial charge on any atom is -0.329 e. The summed E-state index contributed by atoms with van der Waals surface area (Å²) in [4.78, 5) is 23.0. The smallest absolute Gasteiger partial charge is 0.255 e. The van der Waals surface area contributed by atoms with Gasteiger partial charge < -0.3 is 4.98 Å². The number of hydrogen-bond donors (Lipinski definition) is 1. The molecule has 0 aliphatic carbocycles. The molecule has 0 bridgehead atoms. The summed E-state index contributed by atoms with van der Waals surface area (Å²) in [5.74, 6) is 1.53. The van der Waals surface area contributed by atoms with Crippen molar-refractivity contribution in [1.82, 2.24) is 4.98 Å². The third kappa shape index (κ3) is 1.21. The molecule has 10 heavy (non-hydrogen) atoms. The van der Waals surface area contributed by atoms with E-state index >= 15 is 0 Å². The van der Waals surface area contributed by atoms with Crippen LogP contribution in [0.4, 0.5) is 0 Å². The molecular weight excluding hydrogens is 130 g/mol. The fraction of sp³-hybridized carbons (Fsp3) is 0. The summed E-state index contributed by atoms with van der Waals surface area (Å²) in [7, 11) is 0. The highest BCUT2D eigenvalue weighted by molar-refractivity contribution is 5.73. The number of hydrogen-bond acceptors (Lipinski definition) is 2. The number of aromatic amines is 1. The number of rotatable bonds is 1. The molecule has 0 fully saturated rings. The molecule has 50 valence electrons. The lowest BCUT2D eigenvalue weighted by Crippen LogP contribution is -2.06. The zero-order valence-corrected chi connectivity index (χ0v) is 5.13. The molecule has 0 unspecified atom stereocenters. The molecule has 0 saturated heterocycles. The molecule has 1 aromatic rings. The van der Waals surface area contributed by atoms with Gasteiger partial charge in [0.05, 0.1) is 5.56 Å². The van der Waals surface area contributed by atoms with E-state index in [1.165, 1.54) is 12.1 Å². The van der Waals surface area contributed by atoms with Gasteiger partial charge in [0.25, 0.3) is 5.56 Å². The van der Waals surface area contributed by atoms with E-state index in [0.717, 1.165) is 6.08 Å². The Bertz CT molecular complexity index is 320. The van der Waals surface area contributed by atoms with Crippen LogP contribution in [0.25, 0.3) is 6.08 Å². The van der Waals surface area contributed by atoms with E-state index in [0.29, 0.717) is 5.56 Å². The first kappa shape index (κ1) is 6.52. The highest BCUT2D eigenvalue weighted by atomic mass is 16.1. The van der Waals surface area contributed by atoms with Gasteiger partial charge in [0.1, 0.15) is 5.94 Å². The molecule has 0 amide bonds. The highest BCUT2D eigenvalue weighted by Gasteiger charge is 1.89. The van der Waals surface area contributed by atoms with Crippen molar-refractivity contribution in [3.63, 3.8) is 0 Å². The Hall–Kier alpha value is -1.60. The van der Waals surface area contributed by atoms with Crippen LogP contribution in [0.1, 0.15) is 5.56 Å². The lowest BCUT2D eigenvalue weighted by molar-refractivity contribution is 0.570. The summed E-state index contributed by atoms with van der Waals surface area (Å²) in [5, 5.41) is 0. The Labute approximate surface area is 57.0 Å². The maximum absolute atomic E-state index is 10.7. The van der Waals surface area contributed by atoms with Crippen molar-refractivity contribution in [3.05, 3.63) is 34.2 Å². The molecule has 0 radical (unpaired) electrons. The van der Waals surface area contributed by atoms with Crippen LogP contribution in [0, 0.1) is 0 Å². The van der Waals surface area contributed by atoms with Gasteiger partial charge >= 0.3 is 0 Å². The van der Waals surface area contributed by atoms with Crippen LogP contribution in [0.3, 0.4) is 0 Å². The predicted molar refractivity (Wildman–Crippen MR) is 37.2 cm³/mol. The molecule has 0 aliphatic rings. The van der Waals surface area contributed by atoms with E-state index in [1.807, 2.05) is 0 Å². The third-order valence-corrected chi connectivity index (χ3v) is 1.06. The van der Waals surface area contributed by atoms with E-state index < -0.39 is 0 Å². The summed E-state index contributed by atoms with van der Waals surface area (Å²) >= 11 is 0. The average Bonchev–Trinajstić information content (AvgIpc) is 1.94. The topological polar surface area (TPSA) is 49.9 Å². The fourth-order valence-electron chi connectivity index (χ4n) is 0.612. The number of nitrogens with one attached hydrogen (secondary N) is 1. The Morgan fingerprint density at radius 2 is 2.40 bits per heavy atom. The number of carbonyl (C=O) groups excluding carboxylic acids is 1. The first-order valence-corrected chi connectivity index (χ1v) is 2.73. The number of aromatic nitrogens is 1. The minimum atomic E-state index is -0.272. The van der Waals surface area contributed by atoms with Crippen LogP contribution in [0.2, 0.25) is 0 Å². The van der Waals surface area contributed by atoms with Gasteiger partial charge in [-0.05, 0) is 12.1 Å². The summed E-state index contributed by atoms with van der Waals surface area (Å²) in [6, 6.07) is 3.19. The van der Waals surface area contributed by atoms with Crippen molar-refractivity contribution in [3.8, 4) is 0 Å². The summed E-state index contributed by atoms with van der Waals surface area (Å²) in [6.45, 7) is 0. The monoisotopic (exact) mass is 135 g/mol. The summed E-state index contributed by atoms with van der Waals surface area (Å²) in [6.07, 6.45) is 2.60. The highest BCUT2D eigenvalue weighted by Crippen LogP contribution is 1.87. The van der Waals surface area contributed by atoms with E-state index in [4.69, 9.17) is 0 Å². The third-order valence-electron chi connectivity index (χ3n) is 1.06. The average molecular weight is 135 g/mol. The molecule has 0 saturated carbocycles. The SMILES string of the molecule is O=C=Cc1ccc[nH]c1=O. The van der Waals surface area contributed by atoms with Crippen LogP contribution in [0.15, 0.2) is 23.1 Å². The molecule has 1 heterocycles. The Morgan fingerprint density at radius 1 is 1.60 bits per heavy atom. The molecule has 1 aromatic heterocycles. The summed E-state index contributed by atoms with van der Waals surface area (Å²) < 4.78 is 0. The molecule has 3 nitrogen and oxygen atoms in total. The second-order valence-corrected chi connectivity index (χ2v) is 1.72. The zero-order valence-electron chi connectivity index (χ0n) is 5.13. The van der Waals surface area contributed by atoms with Crippen molar-refractivity contribution < 1.29 is 4.79 Å². The minimum absolute atomic E-state index is 0.272. The molecular formula is C7H5NO2. The zero-order chi connectivity index (χ0) is 7.40. The van der Waals surface area contributed by atoms with E-state index in [1.54, 1.807) is 12.1 Å². The van der Waals surface area contributed by atoms with Crippen molar-refractivity contribution in [2.45, 2.75) is 0 Å². The van der Waals surface area contributed by atoms with Gasteiger partial charge in [0.15, 0.2) is 0 Å². The molecule has 1 N–H and O–H groups in total. The molecule has 3 heteroatoms. The van der Waals surface area contributed by atoms with Crippen LogP contribution >= 0.6 is 0 Å². The Balaban J connectivity index is 3.28. The molecule has 0 aromatic carbocycles. The number of pyridine rings is 1. The summed E-state index contributed by atoms with van der Waals surface area (Å²) in [5.41, 5.74) is 0.0587. The molecule has 0 aliphatic heterocycles. The quantitative estimate of drug-likeness (QED) is 0.560. The largest absolute Gasteiger partial charge is 0.329 e. The lowest BCUT2D eigenvalue weighted by Gasteiger charge is -1.84. The predicted octanol–water partition coefficient (Wildman–Crippen LogP) is 0.220. The van der Waals surface area contributed by atoms with Crippen LogP contribution in [0.5, 0.6) is 0 Å². The van der Waals surface area contributed by atoms with Gasteiger partial charge in [0.2, 0.25) is 0 Å². The molecule has 0 spiro atoms. The maximum Gasteiger partial charge on any atom is 0.255 e. The van der Waals surface area contributed by atoms with E-state index in [9.17, 15) is 9.59 Å². The second kappa shape index (κ2) is 2.80. The first-order chi connectivity index (χ1) is 4.84. The lowest BCUT2D eigenvalue weighted by atomic mass is 10.3. The van der Waals surface area contributed by atoms with Crippen molar-refractivity contribution in [2.75, 3.05) is 0 Å². The Morgan fingerprint density at radius 3 is 3.00 bits per heavy atom. The first-order valence-electron chi connectivity index (χ1n) is 2.73. The second-order valence-electron chi connectivity index (χ2n) is 1.72. The van der Waals surface area contributed by atoms with Crippen molar-refractivity contribution >= 4 is 12.0 Å². The fourth-order valence-corrected chi connectivity index (χ4v) is 0.612. The van der Waals surface area contributed by atoms with Crippen LogP contribution < -0.4 is 5.56 Å². The normalized spacial score (nSPS) is 8.40. The van der Waals surface area contributed by atoms with Gasteiger partial charge in [-0.3, -0.25) is 4.79 Å². The van der Waals surface area contributed by atoms with E-state index in [2.05, 4.69) is 4.98 Å². The van der Waals surface area contributed by atoms with Gasteiger partial charge in [0, 0.05) is 12.3 Å². The van der Waals surface area contributed by atoms with Gasteiger partial charge in [-0.25, -0.2) is 4.79 Å². The standard InChI is InChI=1S/C7H5NO2/c9-5-3-6-2-1-4-8-7(6)10/h1-4H,(H,8,10). The van der Waals surface area contributed by atoms with Gasteiger partial charge in [-0.2, -0.15) is 0 Å². The van der Waals surface area contributed by atoms with Crippen LogP contribution in [-0.2, 0) is 4.79 Å². The molecule has 0 atom stereocenters. The van der Waals surface area contributed by atoms with Crippen molar-refractivity contribution in [1.29, 1.82) is 0 Å². The van der Waals surface area contributed by atoms with E-state index in [-0.39, 0.29) is 5.56 Å². The van der Waals surface area contributed by atoms with Crippen molar-refractivity contribution in [2.24, 2.45) is 0 Å². The van der Waals surface area contributed by atoms with Gasteiger partial charge in [-0.15, -0.1) is 0 Å². The van der Waals surface area contributed by atoms with Crippen LogP contribution in [-0.4, -0.2) is 10.9 Å². The Kier molecular flexibility index (Phi) is 1.83.